The molecule has 0 amide bonds. The highest BCUT2D eigenvalue weighted by Crippen LogP contribution is 2.29. The summed E-state index contributed by atoms with van der Waals surface area (Å²) in [4.78, 5) is 12.4. The molecule has 0 atom stereocenters. The van der Waals surface area contributed by atoms with E-state index in [4.69, 9.17) is 9.15 Å². The number of hydrogen-bond donors (Lipinski definition) is 0. The number of aryl methyl sites for hydroxylation is 2. The maximum atomic E-state index is 12.4. The first kappa shape index (κ1) is 12.5. The van der Waals surface area contributed by atoms with Gasteiger partial charge < -0.3 is 9.15 Å². The molecule has 0 aliphatic rings. The molecule has 2 aromatic heterocycles. The monoisotopic (exact) mass is 270 g/mol. The summed E-state index contributed by atoms with van der Waals surface area (Å²) in [6.45, 7) is 1.87. The lowest BCUT2D eigenvalue weighted by Crippen LogP contribution is -2.00. The molecule has 3 aromatic rings. The van der Waals surface area contributed by atoms with Crippen LogP contribution in [0, 0.1) is 6.92 Å². The Balaban J connectivity index is 2.12. The Morgan fingerprint density at radius 2 is 2.20 bits per heavy atom. The van der Waals surface area contributed by atoms with Crippen LogP contribution in [0.25, 0.3) is 11.0 Å². The van der Waals surface area contributed by atoms with Gasteiger partial charge in [0.25, 0.3) is 0 Å². The Hall–Kier alpha value is -2.56. The molecular formula is C15H14N2O3. The molecule has 1 aromatic carbocycles. The summed E-state index contributed by atoms with van der Waals surface area (Å²) in [6.07, 6.45) is 3.21. The number of nitrogens with zero attached hydrogens (tertiary/aromatic N) is 2. The predicted molar refractivity (Wildman–Crippen MR) is 74.1 cm³/mol. The number of hydrogen-bond acceptors (Lipinski definition) is 4. The van der Waals surface area contributed by atoms with E-state index in [2.05, 4.69) is 5.10 Å². The third kappa shape index (κ3) is 1.87. The van der Waals surface area contributed by atoms with E-state index in [0.717, 1.165) is 16.7 Å². The summed E-state index contributed by atoms with van der Waals surface area (Å²) in [5, 5.41) is 4.89. The molecule has 2 heterocycles. The molecule has 0 saturated heterocycles. The highest BCUT2D eigenvalue weighted by atomic mass is 16.5. The van der Waals surface area contributed by atoms with E-state index in [9.17, 15) is 4.79 Å². The molecule has 0 fully saturated rings. The van der Waals surface area contributed by atoms with Crippen LogP contribution in [-0.4, -0.2) is 22.7 Å². The lowest BCUT2D eigenvalue weighted by Gasteiger charge is -1.97. The van der Waals surface area contributed by atoms with E-state index < -0.39 is 0 Å². The molecule has 0 radical (unpaired) electrons. The summed E-state index contributed by atoms with van der Waals surface area (Å²) in [7, 11) is 3.38. The number of rotatable bonds is 3. The first-order valence-electron chi connectivity index (χ1n) is 6.20. The molecule has 5 nitrogen and oxygen atoms in total. The van der Waals surface area contributed by atoms with Crippen molar-refractivity contribution >= 4 is 16.8 Å². The molecule has 5 heteroatoms. The molecule has 0 saturated carbocycles. The van der Waals surface area contributed by atoms with Crippen molar-refractivity contribution < 1.29 is 13.9 Å². The van der Waals surface area contributed by atoms with Gasteiger partial charge in [-0.25, -0.2) is 0 Å². The number of carbonyl (C=O) groups is 1. The Bertz CT molecular complexity index is 799. The van der Waals surface area contributed by atoms with Gasteiger partial charge in [0.1, 0.15) is 11.3 Å². The van der Waals surface area contributed by atoms with Crippen molar-refractivity contribution in [2.24, 2.45) is 7.05 Å². The van der Waals surface area contributed by atoms with Gasteiger partial charge in [-0.2, -0.15) is 5.10 Å². The Kier molecular flexibility index (Phi) is 2.82. The molecule has 0 N–H and O–H groups in total. The fourth-order valence-electron chi connectivity index (χ4n) is 2.21. The fraction of sp³-hybridized carbons (Fsp3) is 0.200. The van der Waals surface area contributed by atoms with Gasteiger partial charge in [-0.05, 0) is 25.1 Å². The minimum absolute atomic E-state index is 0.161. The Morgan fingerprint density at radius 1 is 1.40 bits per heavy atom. The summed E-state index contributed by atoms with van der Waals surface area (Å²) < 4.78 is 12.5. The highest BCUT2D eigenvalue weighted by Gasteiger charge is 2.20. The van der Waals surface area contributed by atoms with Crippen LogP contribution < -0.4 is 4.74 Å². The number of benzene rings is 1. The number of fused-ring (bicyclic) bond motifs is 1. The van der Waals surface area contributed by atoms with Gasteiger partial charge in [0.05, 0.1) is 18.9 Å². The lowest BCUT2D eigenvalue weighted by molar-refractivity contribution is 0.101. The van der Waals surface area contributed by atoms with E-state index in [1.165, 1.54) is 6.20 Å². The standard InChI is InChI=1S/C15H14N2O3/c1-9-12-6-11(19-3)4-5-13(12)20-15(9)14(18)10-7-16-17(2)8-10/h4-8H,1-3H3. The summed E-state index contributed by atoms with van der Waals surface area (Å²) in [5.74, 6) is 0.925. The van der Waals surface area contributed by atoms with Gasteiger partial charge in [0.15, 0.2) is 5.76 Å². The average Bonchev–Trinajstić information content (AvgIpc) is 3.02. The lowest BCUT2D eigenvalue weighted by atomic mass is 10.1. The maximum absolute atomic E-state index is 12.4. The van der Waals surface area contributed by atoms with E-state index in [0.29, 0.717) is 16.9 Å². The topological polar surface area (TPSA) is 57.3 Å². The van der Waals surface area contributed by atoms with Crippen molar-refractivity contribution in [3.05, 3.63) is 47.5 Å². The van der Waals surface area contributed by atoms with Crippen molar-refractivity contribution in [2.75, 3.05) is 7.11 Å². The van der Waals surface area contributed by atoms with Crippen LogP contribution in [0.4, 0.5) is 0 Å². The van der Waals surface area contributed by atoms with Crippen molar-refractivity contribution in [1.29, 1.82) is 0 Å². The average molecular weight is 270 g/mol. The second kappa shape index (κ2) is 4.52. The van der Waals surface area contributed by atoms with Gasteiger partial charge in [0.2, 0.25) is 5.78 Å². The molecule has 102 valence electrons. The first-order chi connectivity index (χ1) is 9.60. The van der Waals surface area contributed by atoms with Crippen LogP contribution in [0.2, 0.25) is 0 Å². The van der Waals surface area contributed by atoms with E-state index in [1.807, 2.05) is 19.1 Å². The van der Waals surface area contributed by atoms with Crippen LogP contribution in [0.3, 0.4) is 0 Å². The summed E-state index contributed by atoms with van der Waals surface area (Å²) in [5.41, 5.74) is 2.00. The molecule has 0 unspecified atom stereocenters. The zero-order chi connectivity index (χ0) is 14.3. The van der Waals surface area contributed by atoms with Crippen LogP contribution in [0.15, 0.2) is 35.0 Å². The van der Waals surface area contributed by atoms with Gasteiger partial charge >= 0.3 is 0 Å². The van der Waals surface area contributed by atoms with Gasteiger partial charge in [-0.15, -0.1) is 0 Å². The quantitative estimate of drug-likeness (QED) is 0.687. The molecule has 3 rings (SSSR count). The van der Waals surface area contributed by atoms with Gasteiger partial charge in [0, 0.05) is 24.2 Å². The number of aromatic nitrogens is 2. The third-order valence-electron chi connectivity index (χ3n) is 3.32. The minimum atomic E-state index is -0.161. The molecule has 0 aliphatic heterocycles. The van der Waals surface area contributed by atoms with E-state index in [1.54, 1.807) is 31.1 Å². The van der Waals surface area contributed by atoms with Crippen molar-refractivity contribution in [2.45, 2.75) is 6.92 Å². The second-order valence-electron chi connectivity index (χ2n) is 4.65. The highest BCUT2D eigenvalue weighted by molar-refractivity contribution is 6.10. The van der Waals surface area contributed by atoms with Gasteiger partial charge in [-0.3, -0.25) is 9.48 Å². The fourth-order valence-corrected chi connectivity index (χ4v) is 2.21. The molecule has 20 heavy (non-hydrogen) atoms. The van der Waals surface area contributed by atoms with Crippen LogP contribution in [-0.2, 0) is 7.05 Å². The third-order valence-corrected chi connectivity index (χ3v) is 3.32. The van der Waals surface area contributed by atoms with E-state index >= 15 is 0 Å². The Morgan fingerprint density at radius 3 is 2.85 bits per heavy atom. The zero-order valence-electron chi connectivity index (χ0n) is 11.5. The van der Waals surface area contributed by atoms with Crippen molar-refractivity contribution in [3.63, 3.8) is 0 Å². The second-order valence-corrected chi connectivity index (χ2v) is 4.65. The maximum Gasteiger partial charge on any atom is 0.231 e. The minimum Gasteiger partial charge on any atom is -0.497 e. The zero-order valence-corrected chi connectivity index (χ0v) is 11.5. The number of ketones is 1. The van der Waals surface area contributed by atoms with Crippen molar-refractivity contribution in [3.8, 4) is 5.75 Å². The van der Waals surface area contributed by atoms with Crippen LogP contribution in [0.5, 0.6) is 5.75 Å². The molecule has 0 bridgehead atoms. The molecular weight excluding hydrogens is 256 g/mol. The summed E-state index contributed by atoms with van der Waals surface area (Å²) >= 11 is 0. The number of methoxy groups -OCH3 is 1. The number of ether oxygens (including phenoxy) is 1. The Labute approximate surface area is 115 Å². The van der Waals surface area contributed by atoms with Crippen LogP contribution in [0.1, 0.15) is 21.7 Å². The van der Waals surface area contributed by atoms with Crippen LogP contribution >= 0.6 is 0 Å². The predicted octanol–water partition coefficient (Wildman–Crippen LogP) is 2.71. The molecule has 0 spiro atoms. The normalized spacial score (nSPS) is 10.9. The summed E-state index contributed by atoms with van der Waals surface area (Å²) in [6, 6.07) is 5.49. The van der Waals surface area contributed by atoms with E-state index in [-0.39, 0.29) is 5.78 Å². The smallest absolute Gasteiger partial charge is 0.231 e. The SMILES string of the molecule is COc1ccc2oc(C(=O)c3cnn(C)c3)c(C)c2c1. The number of carbonyl (C=O) groups excluding carboxylic acids is 1. The van der Waals surface area contributed by atoms with Crippen molar-refractivity contribution in [1.82, 2.24) is 9.78 Å². The molecule has 0 aliphatic carbocycles. The number of furan rings is 1. The largest absolute Gasteiger partial charge is 0.497 e. The first-order valence-corrected chi connectivity index (χ1v) is 6.20. The van der Waals surface area contributed by atoms with Gasteiger partial charge in [-0.1, -0.05) is 0 Å².